The summed E-state index contributed by atoms with van der Waals surface area (Å²) in [5, 5.41) is 3.36. The van der Waals surface area contributed by atoms with E-state index in [0.717, 1.165) is 5.56 Å². The predicted molar refractivity (Wildman–Crippen MR) is 137 cm³/mol. The average Bonchev–Trinajstić information content (AvgIpc) is 3.56. The summed E-state index contributed by atoms with van der Waals surface area (Å²) in [5.41, 5.74) is 1.04. The number of halogens is 1. The van der Waals surface area contributed by atoms with Crippen molar-refractivity contribution in [2.45, 2.75) is 38.1 Å². The number of amides is 3. The number of nitrogens with one attached hydrogen (secondary N) is 1. The number of carbonyl (C=O) groups is 3. The van der Waals surface area contributed by atoms with Crippen LogP contribution in [0.25, 0.3) is 0 Å². The molecule has 0 aliphatic carbocycles. The zero-order chi connectivity index (χ0) is 26.0. The molecule has 2 aromatic carbocycles. The minimum atomic E-state index is -0.986. The molecule has 1 unspecified atom stereocenters. The highest BCUT2D eigenvalue weighted by Gasteiger charge is 2.54. The lowest BCUT2D eigenvalue weighted by molar-refractivity contribution is -0.128. The van der Waals surface area contributed by atoms with E-state index in [1.54, 1.807) is 64.6 Å². The average molecular weight is 522 g/mol. The molecule has 0 bridgehead atoms. The first-order valence-electron chi connectivity index (χ1n) is 12.3. The summed E-state index contributed by atoms with van der Waals surface area (Å²) in [7, 11) is 0. The summed E-state index contributed by atoms with van der Waals surface area (Å²) in [5.74, 6) is -0.0952. The number of hydrogen-bond donors (Lipinski definition) is 1. The van der Waals surface area contributed by atoms with Gasteiger partial charge in [-0.15, -0.1) is 0 Å². The molecule has 2 aliphatic heterocycles. The number of furan rings is 1. The number of aryl methyl sites for hydroxylation is 1. The van der Waals surface area contributed by atoms with Crippen molar-refractivity contribution >= 4 is 29.3 Å². The lowest BCUT2D eigenvalue weighted by atomic mass is 9.96. The second-order valence-electron chi connectivity index (χ2n) is 9.41. The topological polar surface area (TPSA) is 92.1 Å². The minimum Gasteiger partial charge on any atom is -0.467 e. The number of carbonyl (C=O) groups excluding carboxylic acids is 3. The first kappa shape index (κ1) is 25.0. The number of likely N-dealkylation sites (tertiary alicyclic amines) is 1. The van der Waals surface area contributed by atoms with Gasteiger partial charge in [-0.3, -0.25) is 19.3 Å². The third-order valence-electron chi connectivity index (χ3n) is 7.00. The maximum Gasteiger partial charge on any atom is 0.256 e. The standard InChI is InChI=1S/C28H28ClN3O5/c1-19-7-9-20(10-8-19)27(35)32-24(25(33)30-17-23-6-3-15-36-23)18-37-28(32)11-13-31(14-12-28)26(34)21-4-2-5-22(29)16-21/h2-10,15-16,24H,11-14,17-18H2,1H3,(H,30,33). The Bertz CT molecular complexity index is 1280. The van der Waals surface area contributed by atoms with E-state index in [4.69, 9.17) is 20.8 Å². The third-order valence-corrected chi connectivity index (χ3v) is 7.24. The highest BCUT2D eigenvalue weighted by atomic mass is 35.5. The lowest BCUT2D eigenvalue weighted by Gasteiger charge is -2.44. The molecule has 2 saturated heterocycles. The fourth-order valence-corrected chi connectivity index (χ4v) is 5.16. The third kappa shape index (κ3) is 5.12. The van der Waals surface area contributed by atoms with E-state index in [1.165, 1.54) is 0 Å². The van der Waals surface area contributed by atoms with E-state index in [9.17, 15) is 14.4 Å². The molecule has 0 saturated carbocycles. The Morgan fingerprint density at radius 3 is 2.43 bits per heavy atom. The SMILES string of the molecule is Cc1ccc(C(=O)N2C(C(=O)NCc3ccco3)COC23CCN(C(=O)c2cccc(Cl)c2)CC3)cc1. The van der Waals surface area contributed by atoms with Gasteiger partial charge < -0.3 is 19.4 Å². The Labute approximate surface area is 220 Å². The molecule has 1 N–H and O–H groups in total. The molecule has 37 heavy (non-hydrogen) atoms. The van der Waals surface area contributed by atoms with Crippen LogP contribution >= 0.6 is 11.6 Å². The molecule has 3 amide bonds. The van der Waals surface area contributed by atoms with Crippen molar-refractivity contribution in [3.05, 3.63) is 94.4 Å². The van der Waals surface area contributed by atoms with Crippen LogP contribution in [0.15, 0.2) is 71.3 Å². The van der Waals surface area contributed by atoms with Crippen LogP contribution in [0.3, 0.4) is 0 Å². The van der Waals surface area contributed by atoms with Crippen LogP contribution in [0.2, 0.25) is 5.02 Å². The monoisotopic (exact) mass is 521 g/mol. The predicted octanol–water partition coefficient (Wildman–Crippen LogP) is 4.03. The number of nitrogens with zero attached hydrogens (tertiary/aromatic N) is 2. The van der Waals surface area contributed by atoms with Gasteiger partial charge in [0, 0.05) is 42.1 Å². The Morgan fingerprint density at radius 1 is 1.00 bits per heavy atom. The molecule has 2 fully saturated rings. The van der Waals surface area contributed by atoms with Gasteiger partial charge in [-0.2, -0.15) is 0 Å². The van der Waals surface area contributed by atoms with E-state index in [-0.39, 0.29) is 30.9 Å². The molecule has 2 aliphatic rings. The fourth-order valence-electron chi connectivity index (χ4n) is 4.97. The highest BCUT2D eigenvalue weighted by molar-refractivity contribution is 6.30. The molecule has 192 valence electrons. The largest absolute Gasteiger partial charge is 0.467 e. The van der Waals surface area contributed by atoms with E-state index >= 15 is 0 Å². The summed E-state index contributed by atoms with van der Waals surface area (Å²) in [6.07, 6.45) is 2.32. The van der Waals surface area contributed by atoms with Crippen LogP contribution in [-0.2, 0) is 16.1 Å². The molecule has 3 aromatic rings. The smallest absolute Gasteiger partial charge is 0.256 e. The summed E-state index contributed by atoms with van der Waals surface area (Å²) in [4.78, 5) is 43.4. The summed E-state index contributed by atoms with van der Waals surface area (Å²) >= 11 is 6.07. The summed E-state index contributed by atoms with van der Waals surface area (Å²) < 4.78 is 11.6. The lowest BCUT2D eigenvalue weighted by Crippen LogP contribution is -2.59. The molecular weight excluding hydrogens is 494 g/mol. The second kappa shape index (κ2) is 10.4. The Morgan fingerprint density at radius 2 is 1.76 bits per heavy atom. The van der Waals surface area contributed by atoms with Crippen LogP contribution < -0.4 is 5.32 Å². The fraction of sp³-hybridized carbons (Fsp3) is 0.321. The van der Waals surface area contributed by atoms with Crippen molar-refractivity contribution < 1.29 is 23.5 Å². The van der Waals surface area contributed by atoms with Crippen LogP contribution in [0.1, 0.15) is 44.9 Å². The van der Waals surface area contributed by atoms with Gasteiger partial charge in [0.05, 0.1) is 19.4 Å². The molecule has 1 atom stereocenters. The van der Waals surface area contributed by atoms with Gasteiger partial charge in [0.25, 0.3) is 11.8 Å². The van der Waals surface area contributed by atoms with Crippen molar-refractivity contribution in [1.29, 1.82) is 0 Å². The van der Waals surface area contributed by atoms with E-state index < -0.39 is 11.8 Å². The molecule has 0 radical (unpaired) electrons. The van der Waals surface area contributed by atoms with Gasteiger partial charge in [-0.05, 0) is 49.4 Å². The van der Waals surface area contributed by atoms with Crippen molar-refractivity contribution in [3.8, 4) is 0 Å². The number of hydrogen-bond acceptors (Lipinski definition) is 5. The summed E-state index contributed by atoms with van der Waals surface area (Å²) in [6, 6.07) is 16.8. The van der Waals surface area contributed by atoms with Gasteiger partial charge in [0.2, 0.25) is 5.91 Å². The normalized spacial score (nSPS) is 18.7. The highest BCUT2D eigenvalue weighted by Crippen LogP contribution is 2.39. The van der Waals surface area contributed by atoms with E-state index in [1.807, 2.05) is 19.1 Å². The Balaban J connectivity index is 1.36. The molecule has 3 heterocycles. The molecule has 9 heteroatoms. The van der Waals surface area contributed by atoms with Gasteiger partial charge >= 0.3 is 0 Å². The van der Waals surface area contributed by atoms with Gasteiger partial charge in [-0.1, -0.05) is 35.4 Å². The molecule has 8 nitrogen and oxygen atoms in total. The molecule has 1 aromatic heterocycles. The van der Waals surface area contributed by atoms with Crippen LogP contribution in [-0.4, -0.2) is 59.0 Å². The first-order valence-corrected chi connectivity index (χ1v) is 12.6. The Hall–Kier alpha value is -3.62. The van der Waals surface area contributed by atoms with E-state index in [2.05, 4.69) is 5.32 Å². The van der Waals surface area contributed by atoms with Crippen LogP contribution in [0.5, 0.6) is 0 Å². The van der Waals surface area contributed by atoms with Crippen LogP contribution in [0.4, 0.5) is 0 Å². The van der Waals surface area contributed by atoms with Crippen molar-refractivity contribution in [1.82, 2.24) is 15.1 Å². The quantitative estimate of drug-likeness (QED) is 0.547. The van der Waals surface area contributed by atoms with Gasteiger partial charge in [0.15, 0.2) is 0 Å². The number of piperidine rings is 1. The maximum atomic E-state index is 13.8. The number of benzene rings is 2. The molecule has 5 rings (SSSR count). The van der Waals surface area contributed by atoms with Crippen molar-refractivity contribution in [2.75, 3.05) is 19.7 Å². The molecule has 1 spiro atoms. The van der Waals surface area contributed by atoms with Crippen molar-refractivity contribution in [2.24, 2.45) is 0 Å². The number of ether oxygens (including phenoxy) is 1. The second-order valence-corrected chi connectivity index (χ2v) is 9.85. The summed E-state index contributed by atoms with van der Waals surface area (Å²) in [6.45, 7) is 2.99. The zero-order valence-electron chi connectivity index (χ0n) is 20.5. The van der Waals surface area contributed by atoms with Crippen molar-refractivity contribution in [3.63, 3.8) is 0 Å². The van der Waals surface area contributed by atoms with Crippen LogP contribution in [0, 0.1) is 6.92 Å². The number of rotatable bonds is 5. The molecular formula is C28H28ClN3O5. The van der Waals surface area contributed by atoms with E-state index in [0.29, 0.717) is 47.8 Å². The first-order chi connectivity index (χ1) is 17.9. The zero-order valence-corrected chi connectivity index (χ0v) is 21.2. The maximum absolute atomic E-state index is 13.8. The van der Waals surface area contributed by atoms with Gasteiger partial charge in [0.1, 0.15) is 17.5 Å². The minimum absolute atomic E-state index is 0.0732. The Kier molecular flexibility index (Phi) is 7.04. The van der Waals surface area contributed by atoms with Gasteiger partial charge in [-0.25, -0.2) is 0 Å².